The van der Waals surface area contributed by atoms with Gasteiger partial charge in [0.25, 0.3) is 0 Å². The van der Waals surface area contributed by atoms with Crippen molar-refractivity contribution in [2.45, 2.75) is 19.3 Å². The topological polar surface area (TPSA) is 3.24 Å². The standard InChI is InChI=1S/C14H18FN/c1-9-4-5-11(6-13(9)15)14-8-16(3)7-12(14)10(14)2/h4-6,10,12H,7-8H2,1-3H3/t10?,12-,14?/m1/s1. The van der Waals surface area contributed by atoms with Crippen LogP contribution in [0.2, 0.25) is 0 Å². The monoisotopic (exact) mass is 219 g/mol. The highest BCUT2D eigenvalue weighted by Crippen LogP contribution is 2.63. The molecule has 86 valence electrons. The minimum absolute atomic E-state index is 0.0562. The van der Waals surface area contributed by atoms with Gasteiger partial charge in [0.05, 0.1) is 0 Å². The van der Waals surface area contributed by atoms with Crippen LogP contribution in [-0.4, -0.2) is 25.0 Å². The Hall–Kier alpha value is -0.890. The first-order chi connectivity index (χ1) is 7.55. The van der Waals surface area contributed by atoms with Crippen molar-refractivity contribution in [1.82, 2.24) is 4.90 Å². The molecule has 0 spiro atoms. The van der Waals surface area contributed by atoms with Crippen molar-refractivity contribution in [3.05, 3.63) is 35.1 Å². The van der Waals surface area contributed by atoms with Crippen molar-refractivity contribution >= 4 is 0 Å². The molecule has 1 aliphatic carbocycles. The van der Waals surface area contributed by atoms with E-state index in [9.17, 15) is 4.39 Å². The molecule has 0 bridgehead atoms. The van der Waals surface area contributed by atoms with Crippen LogP contribution in [0.15, 0.2) is 18.2 Å². The van der Waals surface area contributed by atoms with E-state index >= 15 is 0 Å². The zero-order valence-corrected chi connectivity index (χ0v) is 10.1. The summed E-state index contributed by atoms with van der Waals surface area (Å²) < 4.78 is 13.6. The third kappa shape index (κ3) is 1.14. The molecule has 1 nitrogen and oxygen atoms in total. The van der Waals surface area contributed by atoms with E-state index in [-0.39, 0.29) is 11.2 Å². The van der Waals surface area contributed by atoms with Crippen LogP contribution in [0.4, 0.5) is 4.39 Å². The SMILES string of the molecule is Cc1ccc(C23CN(C)C[C@@H]2C3C)cc1F. The zero-order chi connectivity index (χ0) is 11.5. The molecular formula is C14H18FN. The fraction of sp³-hybridized carbons (Fsp3) is 0.571. The lowest BCUT2D eigenvalue weighted by molar-refractivity contribution is 0.338. The molecule has 1 heterocycles. The lowest BCUT2D eigenvalue weighted by Crippen LogP contribution is -2.25. The molecule has 16 heavy (non-hydrogen) atoms. The maximum atomic E-state index is 13.6. The molecule has 3 rings (SSSR count). The van der Waals surface area contributed by atoms with E-state index in [0.29, 0.717) is 5.92 Å². The smallest absolute Gasteiger partial charge is 0.126 e. The van der Waals surface area contributed by atoms with Crippen LogP contribution >= 0.6 is 0 Å². The first-order valence-electron chi connectivity index (χ1n) is 6.01. The van der Waals surface area contributed by atoms with Gasteiger partial charge in [0.15, 0.2) is 0 Å². The fourth-order valence-corrected chi connectivity index (χ4v) is 3.61. The molecule has 0 amide bonds. The number of likely N-dealkylation sites (N-methyl/N-ethyl adjacent to an activating group) is 1. The Balaban J connectivity index is 2.01. The average molecular weight is 219 g/mol. The first-order valence-corrected chi connectivity index (χ1v) is 6.01. The molecule has 0 N–H and O–H groups in total. The second-order valence-electron chi connectivity index (χ2n) is 5.60. The summed E-state index contributed by atoms with van der Waals surface area (Å²) in [6.45, 7) is 6.37. The van der Waals surface area contributed by atoms with Gasteiger partial charge in [0.2, 0.25) is 0 Å². The van der Waals surface area contributed by atoms with Crippen LogP contribution in [0.1, 0.15) is 18.1 Å². The van der Waals surface area contributed by atoms with E-state index in [1.807, 2.05) is 13.0 Å². The third-order valence-electron chi connectivity index (χ3n) is 4.72. The molecule has 1 aromatic rings. The Labute approximate surface area is 96.3 Å². The maximum Gasteiger partial charge on any atom is 0.126 e. The number of hydrogen-bond donors (Lipinski definition) is 0. The molecule has 2 aliphatic rings. The molecular weight excluding hydrogens is 201 g/mol. The van der Waals surface area contributed by atoms with Crippen LogP contribution in [0.25, 0.3) is 0 Å². The minimum Gasteiger partial charge on any atom is -0.305 e. The quantitative estimate of drug-likeness (QED) is 0.701. The van der Waals surface area contributed by atoms with Gasteiger partial charge < -0.3 is 4.90 Å². The molecule has 2 fully saturated rings. The van der Waals surface area contributed by atoms with Gasteiger partial charge >= 0.3 is 0 Å². The second kappa shape index (κ2) is 3.07. The van der Waals surface area contributed by atoms with Crippen molar-refractivity contribution < 1.29 is 4.39 Å². The summed E-state index contributed by atoms with van der Waals surface area (Å²) in [7, 11) is 2.16. The Morgan fingerprint density at radius 1 is 1.44 bits per heavy atom. The van der Waals surface area contributed by atoms with Crippen molar-refractivity contribution in [3.63, 3.8) is 0 Å². The number of hydrogen-bond acceptors (Lipinski definition) is 1. The number of nitrogens with zero attached hydrogens (tertiary/aromatic N) is 1. The molecule has 1 aliphatic heterocycles. The van der Waals surface area contributed by atoms with E-state index in [2.05, 4.69) is 24.9 Å². The van der Waals surface area contributed by atoms with Gasteiger partial charge in [-0.05, 0) is 43.0 Å². The molecule has 1 saturated heterocycles. The van der Waals surface area contributed by atoms with E-state index in [1.165, 1.54) is 5.56 Å². The lowest BCUT2D eigenvalue weighted by atomic mass is 9.92. The summed E-state index contributed by atoms with van der Waals surface area (Å²) in [5, 5.41) is 0. The number of benzene rings is 1. The Bertz CT molecular complexity index is 442. The summed E-state index contributed by atoms with van der Waals surface area (Å²) in [6, 6.07) is 5.79. The van der Waals surface area contributed by atoms with E-state index in [0.717, 1.165) is 24.6 Å². The van der Waals surface area contributed by atoms with E-state index < -0.39 is 0 Å². The molecule has 0 aromatic heterocycles. The highest BCUT2D eigenvalue weighted by molar-refractivity contribution is 5.41. The lowest BCUT2D eigenvalue weighted by Gasteiger charge is -2.19. The average Bonchev–Trinajstić information content (AvgIpc) is 2.65. The predicted octanol–water partition coefficient (Wildman–Crippen LogP) is 2.58. The zero-order valence-electron chi connectivity index (χ0n) is 10.1. The maximum absolute atomic E-state index is 13.6. The van der Waals surface area contributed by atoms with E-state index in [4.69, 9.17) is 0 Å². The Morgan fingerprint density at radius 3 is 2.81 bits per heavy atom. The number of aryl methyl sites for hydroxylation is 1. The molecule has 3 atom stereocenters. The summed E-state index contributed by atoms with van der Waals surface area (Å²) >= 11 is 0. The van der Waals surface area contributed by atoms with Crippen molar-refractivity contribution in [2.24, 2.45) is 11.8 Å². The normalized spacial score (nSPS) is 37.5. The Morgan fingerprint density at radius 2 is 2.19 bits per heavy atom. The number of halogens is 1. The first kappa shape index (κ1) is 10.3. The molecule has 2 heteroatoms. The van der Waals surface area contributed by atoms with Crippen LogP contribution in [0, 0.1) is 24.6 Å². The van der Waals surface area contributed by atoms with Crippen LogP contribution in [0.3, 0.4) is 0 Å². The van der Waals surface area contributed by atoms with Crippen LogP contribution in [0.5, 0.6) is 0 Å². The summed E-state index contributed by atoms with van der Waals surface area (Å²) in [5.41, 5.74) is 2.21. The molecule has 1 saturated carbocycles. The molecule has 2 unspecified atom stereocenters. The number of piperidine rings is 1. The van der Waals surface area contributed by atoms with Crippen molar-refractivity contribution in [1.29, 1.82) is 0 Å². The third-order valence-corrected chi connectivity index (χ3v) is 4.72. The number of fused-ring (bicyclic) bond motifs is 1. The fourth-order valence-electron chi connectivity index (χ4n) is 3.61. The largest absolute Gasteiger partial charge is 0.305 e. The predicted molar refractivity (Wildman–Crippen MR) is 63.0 cm³/mol. The highest BCUT2D eigenvalue weighted by Gasteiger charge is 2.66. The van der Waals surface area contributed by atoms with E-state index in [1.54, 1.807) is 6.07 Å². The van der Waals surface area contributed by atoms with Gasteiger partial charge in [-0.25, -0.2) is 4.39 Å². The van der Waals surface area contributed by atoms with Gasteiger partial charge in [0, 0.05) is 18.5 Å². The van der Waals surface area contributed by atoms with Crippen LogP contribution < -0.4 is 0 Å². The number of rotatable bonds is 1. The summed E-state index contributed by atoms with van der Waals surface area (Å²) in [5.74, 6) is 1.39. The van der Waals surface area contributed by atoms with Gasteiger partial charge in [-0.1, -0.05) is 19.1 Å². The van der Waals surface area contributed by atoms with Crippen molar-refractivity contribution in [2.75, 3.05) is 20.1 Å². The van der Waals surface area contributed by atoms with Gasteiger partial charge in [0.1, 0.15) is 5.82 Å². The second-order valence-corrected chi connectivity index (χ2v) is 5.60. The highest BCUT2D eigenvalue weighted by atomic mass is 19.1. The summed E-state index contributed by atoms with van der Waals surface area (Å²) in [4.78, 5) is 2.36. The molecule has 1 aromatic carbocycles. The van der Waals surface area contributed by atoms with Gasteiger partial charge in [-0.15, -0.1) is 0 Å². The van der Waals surface area contributed by atoms with Crippen molar-refractivity contribution in [3.8, 4) is 0 Å². The van der Waals surface area contributed by atoms with Crippen LogP contribution in [-0.2, 0) is 5.41 Å². The number of likely N-dealkylation sites (tertiary alicyclic amines) is 1. The molecule has 0 radical (unpaired) electrons. The summed E-state index contributed by atoms with van der Waals surface area (Å²) in [6.07, 6.45) is 0. The Kier molecular flexibility index (Phi) is 1.97. The van der Waals surface area contributed by atoms with Gasteiger partial charge in [-0.3, -0.25) is 0 Å². The van der Waals surface area contributed by atoms with Gasteiger partial charge in [-0.2, -0.15) is 0 Å². The minimum atomic E-state index is -0.0562.